The van der Waals surface area contributed by atoms with Gasteiger partial charge >= 0.3 is 0 Å². The van der Waals surface area contributed by atoms with Crippen LogP contribution in [-0.2, 0) is 4.74 Å². The fraction of sp³-hybridized carbons (Fsp3) is 0.286. The zero-order valence-electron chi connectivity index (χ0n) is 15.1. The van der Waals surface area contributed by atoms with E-state index in [2.05, 4.69) is 46.7 Å². The smallest absolute Gasteiger partial charge is 0.132 e. The van der Waals surface area contributed by atoms with E-state index in [-0.39, 0.29) is 0 Å². The number of hydrogen-bond donors (Lipinski definition) is 1. The molecular weight excluding hydrogens is 380 g/mol. The van der Waals surface area contributed by atoms with Gasteiger partial charge in [-0.15, -0.1) is 11.3 Å². The summed E-state index contributed by atoms with van der Waals surface area (Å²) in [6.07, 6.45) is 0.853. The molecule has 0 amide bonds. The van der Waals surface area contributed by atoms with Crippen molar-refractivity contribution in [2.45, 2.75) is 6.42 Å². The van der Waals surface area contributed by atoms with E-state index >= 15 is 0 Å². The molecule has 1 aromatic heterocycles. The first-order valence-corrected chi connectivity index (χ1v) is 10.2. The van der Waals surface area contributed by atoms with E-state index in [1.165, 1.54) is 10.4 Å². The van der Waals surface area contributed by atoms with E-state index in [0.717, 1.165) is 51.8 Å². The summed E-state index contributed by atoms with van der Waals surface area (Å²) in [5.41, 5.74) is 2.18. The first-order valence-electron chi connectivity index (χ1n) is 8.98. The highest BCUT2D eigenvalue weighted by atomic mass is 35.5. The molecule has 0 unspecified atom stereocenters. The highest BCUT2D eigenvalue weighted by Crippen LogP contribution is 2.34. The molecule has 0 atom stereocenters. The molecule has 0 fully saturated rings. The molecule has 1 aliphatic heterocycles. The van der Waals surface area contributed by atoms with Gasteiger partial charge in [-0.2, -0.15) is 0 Å². The number of benzene rings is 2. The van der Waals surface area contributed by atoms with Crippen molar-refractivity contribution in [2.24, 2.45) is 4.99 Å². The maximum absolute atomic E-state index is 6.10. The second-order valence-electron chi connectivity index (χ2n) is 6.37. The Kier molecular flexibility index (Phi) is 5.62. The van der Waals surface area contributed by atoms with Gasteiger partial charge in [0.15, 0.2) is 0 Å². The second kappa shape index (κ2) is 8.30. The molecule has 4 rings (SSSR count). The van der Waals surface area contributed by atoms with Gasteiger partial charge in [-0.1, -0.05) is 23.7 Å². The molecule has 2 heterocycles. The first-order chi connectivity index (χ1) is 13.2. The van der Waals surface area contributed by atoms with Gasteiger partial charge in [0.2, 0.25) is 0 Å². The predicted molar refractivity (Wildman–Crippen MR) is 114 cm³/mol. The largest absolute Gasteiger partial charge is 0.493 e. The Bertz CT molecular complexity index is 983. The lowest BCUT2D eigenvalue weighted by Gasteiger charge is -2.14. The summed E-state index contributed by atoms with van der Waals surface area (Å²) in [6.45, 7) is 2.97. The van der Waals surface area contributed by atoms with Crippen LogP contribution in [0, 0.1) is 0 Å². The van der Waals surface area contributed by atoms with Gasteiger partial charge < -0.3 is 14.8 Å². The molecule has 6 heteroatoms. The monoisotopic (exact) mass is 400 g/mol. The number of methoxy groups -OCH3 is 1. The topological polar surface area (TPSA) is 42.9 Å². The number of halogens is 1. The number of amidine groups is 1. The summed E-state index contributed by atoms with van der Waals surface area (Å²) < 4.78 is 12.0. The van der Waals surface area contributed by atoms with Crippen LogP contribution in [0.15, 0.2) is 47.5 Å². The van der Waals surface area contributed by atoms with Gasteiger partial charge in [0.1, 0.15) is 11.6 Å². The van der Waals surface area contributed by atoms with Crippen LogP contribution in [0.1, 0.15) is 12.0 Å². The highest BCUT2D eigenvalue weighted by Gasteiger charge is 2.16. The fourth-order valence-electron chi connectivity index (χ4n) is 3.17. The van der Waals surface area contributed by atoms with E-state index in [4.69, 9.17) is 21.1 Å². The summed E-state index contributed by atoms with van der Waals surface area (Å²) in [5.74, 6) is 1.77. The molecular formula is C21H21ClN2O2S. The summed E-state index contributed by atoms with van der Waals surface area (Å²) in [6, 6.07) is 14.7. The van der Waals surface area contributed by atoms with Gasteiger partial charge in [-0.05, 0) is 46.7 Å². The Labute approximate surface area is 167 Å². The third-order valence-electron chi connectivity index (χ3n) is 4.48. The van der Waals surface area contributed by atoms with Gasteiger partial charge in [-0.25, -0.2) is 0 Å². The first kappa shape index (κ1) is 18.3. The van der Waals surface area contributed by atoms with Crippen LogP contribution in [0.25, 0.3) is 21.2 Å². The van der Waals surface area contributed by atoms with E-state index in [0.29, 0.717) is 13.2 Å². The average Bonchev–Trinajstić information content (AvgIpc) is 3.36. The van der Waals surface area contributed by atoms with Crippen molar-refractivity contribution in [1.82, 2.24) is 5.32 Å². The maximum atomic E-state index is 6.10. The molecule has 0 saturated carbocycles. The third kappa shape index (κ3) is 4.10. The van der Waals surface area contributed by atoms with Crippen molar-refractivity contribution in [2.75, 3.05) is 33.4 Å². The molecule has 1 aliphatic rings. The highest BCUT2D eigenvalue weighted by molar-refractivity contribution is 7.19. The lowest BCUT2D eigenvalue weighted by Crippen LogP contribution is -2.20. The van der Waals surface area contributed by atoms with Gasteiger partial charge in [-0.3, -0.25) is 4.99 Å². The maximum Gasteiger partial charge on any atom is 0.132 e. The Hall–Kier alpha value is -2.08. The van der Waals surface area contributed by atoms with Crippen LogP contribution in [0.5, 0.6) is 5.75 Å². The molecule has 0 bridgehead atoms. The van der Waals surface area contributed by atoms with Crippen molar-refractivity contribution >= 4 is 39.5 Å². The van der Waals surface area contributed by atoms with Crippen LogP contribution >= 0.6 is 22.9 Å². The van der Waals surface area contributed by atoms with Crippen LogP contribution in [0.3, 0.4) is 0 Å². The minimum atomic E-state index is 0.616. The molecule has 0 radical (unpaired) electrons. The van der Waals surface area contributed by atoms with Crippen LogP contribution in [0.2, 0.25) is 4.34 Å². The van der Waals surface area contributed by atoms with Crippen LogP contribution < -0.4 is 10.1 Å². The lowest BCUT2D eigenvalue weighted by molar-refractivity contribution is 0.172. The Morgan fingerprint density at radius 1 is 1.11 bits per heavy atom. The standard InChI is InChI=1S/C21H21ClN2O2S/c1-25-9-2-10-26-18-13-14-3-4-15(19-5-6-20(22)27-19)11-16(14)12-17(18)21-23-7-8-24-21/h3-6,11-13H,2,7-10H2,1H3,(H,23,24). The number of hydrogen-bond acceptors (Lipinski definition) is 5. The van der Waals surface area contributed by atoms with Crippen molar-refractivity contribution < 1.29 is 9.47 Å². The molecule has 0 saturated heterocycles. The van der Waals surface area contributed by atoms with E-state index in [1.54, 1.807) is 18.4 Å². The molecule has 140 valence electrons. The Balaban J connectivity index is 1.72. The average molecular weight is 401 g/mol. The number of fused-ring (bicyclic) bond motifs is 1. The molecule has 0 spiro atoms. The SMILES string of the molecule is COCCCOc1cc2ccc(-c3ccc(Cl)s3)cc2cc1C1=NCCN1. The fourth-order valence-corrected chi connectivity index (χ4v) is 4.21. The van der Waals surface area contributed by atoms with E-state index in [1.807, 2.05) is 6.07 Å². The van der Waals surface area contributed by atoms with Crippen molar-refractivity contribution in [3.63, 3.8) is 0 Å². The van der Waals surface area contributed by atoms with Crippen LogP contribution in [-0.4, -0.2) is 39.2 Å². The summed E-state index contributed by atoms with van der Waals surface area (Å²) >= 11 is 7.69. The van der Waals surface area contributed by atoms with Crippen LogP contribution in [0.4, 0.5) is 0 Å². The van der Waals surface area contributed by atoms with Gasteiger partial charge in [0, 0.05) is 31.6 Å². The number of rotatable bonds is 7. The molecule has 1 N–H and O–H groups in total. The van der Waals surface area contributed by atoms with Gasteiger partial charge in [0.25, 0.3) is 0 Å². The minimum Gasteiger partial charge on any atom is -0.493 e. The summed E-state index contributed by atoms with van der Waals surface area (Å²) in [4.78, 5) is 5.75. The zero-order valence-corrected chi connectivity index (χ0v) is 16.7. The Morgan fingerprint density at radius 2 is 2.04 bits per heavy atom. The van der Waals surface area contributed by atoms with Gasteiger partial charge in [0.05, 0.1) is 23.1 Å². The molecule has 3 aromatic rings. The number of aliphatic imine (C=N–C) groups is 1. The number of nitrogens with one attached hydrogen (secondary N) is 1. The zero-order chi connectivity index (χ0) is 18.6. The predicted octanol–water partition coefficient (Wildman–Crippen LogP) is 4.99. The van der Waals surface area contributed by atoms with Crippen molar-refractivity contribution in [3.05, 3.63) is 52.4 Å². The summed E-state index contributed by atoms with van der Waals surface area (Å²) in [5, 5.41) is 5.66. The molecule has 2 aromatic carbocycles. The summed E-state index contributed by atoms with van der Waals surface area (Å²) in [7, 11) is 1.71. The van der Waals surface area contributed by atoms with E-state index < -0.39 is 0 Å². The third-order valence-corrected chi connectivity index (χ3v) is 5.76. The van der Waals surface area contributed by atoms with E-state index in [9.17, 15) is 0 Å². The lowest BCUT2D eigenvalue weighted by atomic mass is 10.0. The minimum absolute atomic E-state index is 0.616. The molecule has 27 heavy (non-hydrogen) atoms. The number of nitrogens with zero attached hydrogens (tertiary/aromatic N) is 1. The van der Waals surface area contributed by atoms with Crippen molar-refractivity contribution in [3.8, 4) is 16.2 Å². The Morgan fingerprint density at radius 3 is 2.78 bits per heavy atom. The normalized spacial score (nSPS) is 13.6. The number of ether oxygens (including phenoxy) is 2. The molecule has 0 aliphatic carbocycles. The quantitative estimate of drug-likeness (QED) is 0.568. The number of thiophene rings is 1. The molecule has 4 nitrogen and oxygen atoms in total. The van der Waals surface area contributed by atoms with Crippen molar-refractivity contribution in [1.29, 1.82) is 0 Å². The second-order valence-corrected chi connectivity index (χ2v) is 8.08.